The second kappa shape index (κ2) is 11.1. The molecule has 0 bridgehead atoms. The summed E-state index contributed by atoms with van der Waals surface area (Å²) in [6.07, 6.45) is 7.64. The summed E-state index contributed by atoms with van der Waals surface area (Å²) in [5.41, 5.74) is 5.48. The number of aromatic nitrogens is 5. The maximum atomic E-state index is 13.4. The van der Waals surface area contributed by atoms with Crippen molar-refractivity contribution in [2.45, 2.75) is 19.5 Å². The van der Waals surface area contributed by atoms with Gasteiger partial charge in [0.2, 0.25) is 0 Å². The number of nitrogens with one attached hydrogen (secondary N) is 1. The molecule has 0 saturated heterocycles. The van der Waals surface area contributed by atoms with Gasteiger partial charge in [-0.15, -0.1) is 0 Å². The molecule has 0 radical (unpaired) electrons. The highest BCUT2D eigenvalue weighted by molar-refractivity contribution is 7.22. The molecule has 5 heterocycles. The van der Waals surface area contributed by atoms with Crippen LogP contribution in [0.5, 0.6) is 0 Å². The molecule has 10 nitrogen and oxygen atoms in total. The first-order valence-corrected chi connectivity index (χ1v) is 14.5. The summed E-state index contributed by atoms with van der Waals surface area (Å²) in [5, 5.41) is 18.0. The van der Waals surface area contributed by atoms with Gasteiger partial charge in [0.25, 0.3) is 5.91 Å². The predicted octanol–water partition coefficient (Wildman–Crippen LogP) is 5.51. The van der Waals surface area contributed by atoms with Gasteiger partial charge < -0.3 is 10.0 Å². The topological polar surface area (TPSA) is 126 Å². The number of carbonyl (C=O) groups excluding carboxylic acids is 1. The molecular weight excluding hydrogens is 562 g/mol. The fraction of sp³-hybridized carbons (Fsp3) is 0.125. The minimum atomic E-state index is -1.12. The number of hydrogen-bond acceptors (Lipinski definition) is 8. The maximum absolute atomic E-state index is 13.4. The number of thiazole rings is 1. The Kier molecular flexibility index (Phi) is 6.84. The van der Waals surface area contributed by atoms with Crippen LogP contribution in [0.1, 0.15) is 37.5 Å². The Labute approximate surface area is 250 Å². The van der Waals surface area contributed by atoms with Crippen LogP contribution in [-0.4, -0.2) is 48.3 Å². The quantitative estimate of drug-likeness (QED) is 0.250. The van der Waals surface area contributed by atoms with Gasteiger partial charge in [-0.25, -0.2) is 14.8 Å². The van der Waals surface area contributed by atoms with E-state index in [4.69, 9.17) is 0 Å². The number of aromatic carboxylic acids is 1. The normalized spacial score (nSPS) is 12.7. The van der Waals surface area contributed by atoms with Crippen LogP contribution >= 0.6 is 11.3 Å². The van der Waals surface area contributed by atoms with E-state index in [0.717, 1.165) is 26.9 Å². The molecule has 43 heavy (non-hydrogen) atoms. The molecule has 7 rings (SSSR count). The number of nitrogens with zero attached hydrogens (tertiary/aromatic N) is 6. The highest BCUT2D eigenvalue weighted by Crippen LogP contribution is 2.31. The number of rotatable bonds is 7. The third kappa shape index (κ3) is 5.33. The number of carboxylic acids is 1. The lowest BCUT2D eigenvalue weighted by molar-refractivity contribution is 0.0691. The highest BCUT2D eigenvalue weighted by Gasteiger charge is 2.25. The smallest absolute Gasteiger partial charge is 0.355 e. The largest absolute Gasteiger partial charge is 0.476 e. The molecule has 0 aliphatic carbocycles. The van der Waals surface area contributed by atoms with E-state index in [9.17, 15) is 14.7 Å². The van der Waals surface area contributed by atoms with Crippen molar-refractivity contribution in [2.75, 3.05) is 16.8 Å². The standard InChI is InChI=1S/C32H25N7O3S/c40-30(37-32-35-26-8-1-2-9-27(26)43-32)24-7-3-6-21-12-14-38(19-25(21)24)28-11-10-23(29(36-28)31(41)42)22-16-34-39(18-22)17-20-5-4-13-33-15-20/h1-11,13,15-16,18H,12,14,17,19H2,(H,41,42)(H,35,37,40). The molecule has 0 saturated carbocycles. The Morgan fingerprint density at radius 2 is 1.88 bits per heavy atom. The fourth-order valence-electron chi connectivity index (χ4n) is 5.37. The first kappa shape index (κ1) is 26.5. The highest BCUT2D eigenvalue weighted by atomic mass is 32.1. The number of carboxylic acid groups (broad SMARTS) is 1. The van der Waals surface area contributed by atoms with Crippen LogP contribution in [0.2, 0.25) is 0 Å². The van der Waals surface area contributed by atoms with Crippen molar-refractivity contribution < 1.29 is 14.7 Å². The molecule has 1 aliphatic rings. The van der Waals surface area contributed by atoms with Crippen LogP contribution in [0, 0.1) is 0 Å². The molecule has 0 fully saturated rings. The van der Waals surface area contributed by atoms with Crippen LogP contribution in [0.3, 0.4) is 0 Å². The second-order valence-electron chi connectivity index (χ2n) is 10.2. The number of anilines is 2. The van der Waals surface area contributed by atoms with E-state index in [-0.39, 0.29) is 11.6 Å². The SMILES string of the molecule is O=C(Nc1nc2ccccc2s1)c1cccc2c1CN(c1ccc(-c3cnn(Cc4cccnc4)c3)c(C(=O)O)n1)CC2. The average molecular weight is 588 g/mol. The lowest BCUT2D eigenvalue weighted by atomic mass is 9.94. The molecule has 1 aliphatic heterocycles. The van der Waals surface area contributed by atoms with Crippen molar-refractivity contribution in [1.82, 2.24) is 24.7 Å². The van der Waals surface area contributed by atoms with E-state index in [1.54, 1.807) is 29.3 Å². The van der Waals surface area contributed by atoms with E-state index in [1.165, 1.54) is 11.3 Å². The molecule has 2 N–H and O–H groups in total. The Hall–Kier alpha value is -5.42. The molecule has 212 valence electrons. The maximum Gasteiger partial charge on any atom is 0.355 e. The van der Waals surface area contributed by atoms with Crippen molar-refractivity contribution in [2.24, 2.45) is 0 Å². The monoisotopic (exact) mass is 587 g/mol. The zero-order valence-electron chi connectivity index (χ0n) is 22.8. The second-order valence-corrected chi connectivity index (χ2v) is 11.2. The Bertz CT molecular complexity index is 1950. The molecule has 6 aromatic rings. The lowest BCUT2D eigenvalue weighted by Crippen LogP contribution is -2.33. The fourth-order valence-corrected chi connectivity index (χ4v) is 6.23. The molecule has 4 aromatic heterocycles. The van der Waals surface area contributed by atoms with Crippen molar-refractivity contribution >= 4 is 44.4 Å². The number of para-hydroxylation sites is 1. The van der Waals surface area contributed by atoms with Gasteiger partial charge in [-0.1, -0.05) is 41.7 Å². The van der Waals surface area contributed by atoms with E-state index in [2.05, 4.69) is 25.4 Å². The zero-order chi connectivity index (χ0) is 29.3. The van der Waals surface area contributed by atoms with Gasteiger partial charge in [0, 0.05) is 48.4 Å². The zero-order valence-corrected chi connectivity index (χ0v) is 23.7. The summed E-state index contributed by atoms with van der Waals surface area (Å²) in [5.74, 6) is -0.809. The number of pyridine rings is 2. The van der Waals surface area contributed by atoms with Crippen LogP contribution in [0.4, 0.5) is 10.9 Å². The van der Waals surface area contributed by atoms with Crippen LogP contribution in [0.15, 0.2) is 91.5 Å². The number of benzene rings is 2. The van der Waals surface area contributed by atoms with Crippen LogP contribution in [0.25, 0.3) is 21.3 Å². The van der Waals surface area contributed by atoms with E-state index >= 15 is 0 Å². The first-order valence-electron chi connectivity index (χ1n) is 13.7. The number of hydrogen-bond donors (Lipinski definition) is 2. The van der Waals surface area contributed by atoms with Crippen molar-refractivity contribution in [3.05, 3.63) is 119 Å². The molecule has 2 aromatic carbocycles. The number of carbonyl (C=O) groups is 2. The van der Waals surface area contributed by atoms with E-state index < -0.39 is 5.97 Å². The third-order valence-electron chi connectivity index (χ3n) is 7.45. The van der Waals surface area contributed by atoms with Crippen molar-refractivity contribution in [3.8, 4) is 11.1 Å². The van der Waals surface area contributed by atoms with Gasteiger partial charge >= 0.3 is 5.97 Å². The minimum absolute atomic E-state index is 0.0499. The lowest BCUT2D eigenvalue weighted by Gasteiger charge is -2.31. The summed E-state index contributed by atoms with van der Waals surface area (Å²) < 4.78 is 2.75. The average Bonchev–Trinajstić information content (AvgIpc) is 3.67. The van der Waals surface area contributed by atoms with Crippen molar-refractivity contribution in [3.63, 3.8) is 0 Å². The summed E-state index contributed by atoms with van der Waals surface area (Å²) in [4.78, 5) is 41.0. The summed E-state index contributed by atoms with van der Waals surface area (Å²) in [7, 11) is 0. The summed E-state index contributed by atoms with van der Waals surface area (Å²) >= 11 is 1.43. The number of amides is 1. The summed E-state index contributed by atoms with van der Waals surface area (Å²) in [6.45, 7) is 1.58. The minimum Gasteiger partial charge on any atom is -0.476 e. The summed E-state index contributed by atoms with van der Waals surface area (Å²) in [6, 6.07) is 20.9. The molecule has 0 atom stereocenters. The Morgan fingerprint density at radius 1 is 0.977 bits per heavy atom. The van der Waals surface area contributed by atoms with Gasteiger partial charge in [0.1, 0.15) is 5.82 Å². The molecule has 0 unspecified atom stereocenters. The number of fused-ring (bicyclic) bond motifs is 2. The van der Waals surface area contributed by atoms with Gasteiger partial charge in [-0.05, 0) is 59.5 Å². The first-order chi connectivity index (χ1) is 21.0. The molecule has 0 spiro atoms. The Morgan fingerprint density at radius 3 is 2.72 bits per heavy atom. The third-order valence-corrected chi connectivity index (χ3v) is 8.40. The molecule has 1 amide bonds. The van der Waals surface area contributed by atoms with Gasteiger partial charge in [0.15, 0.2) is 10.8 Å². The van der Waals surface area contributed by atoms with Crippen LogP contribution in [-0.2, 0) is 19.5 Å². The predicted molar refractivity (Wildman–Crippen MR) is 165 cm³/mol. The van der Waals surface area contributed by atoms with Crippen molar-refractivity contribution in [1.29, 1.82) is 0 Å². The molecule has 11 heteroatoms. The van der Waals surface area contributed by atoms with Gasteiger partial charge in [0.05, 0.1) is 23.0 Å². The van der Waals surface area contributed by atoms with Crippen LogP contribution < -0.4 is 10.2 Å². The molecular formula is C32H25N7O3S. The van der Waals surface area contributed by atoms with Gasteiger partial charge in [-0.3, -0.25) is 19.8 Å². The van der Waals surface area contributed by atoms with Gasteiger partial charge in [-0.2, -0.15) is 5.10 Å². The Balaban J connectivity index is 1.14. The van der Waals surface area contributed by atoms with E-state index in [1.807, 2.05) is 71.8 Å². The van der Waals surface area contributed by atoms with E-state index in [0.29, 0.717) is 53.7 Å².